The summed E-state index contributed by atoms with van der Waals surface area (Å²) in [5, 5.41) is 9.48. The van der Waals surface area contributed by atoms with E-state index in [1.807, 2.05) is 12.1 Å². The van der Waals surface area contributed by atoms with Crippen molar-refractivity contribution in [1.82, 2.24) is 28.6 Å². The molecule has 1 atom stereocenters. The summed E-state index contributed by atoms with van der Waals surface area (Å²) in [6.45, 7) is -0.467. The monoisotopic (exact) mass is 546 g/mol. The van der Waals surface area contributed by atoms with E-state index in [0.717, 1.165) is 0 Å². The third-order valence-corrected chi connectivity index (χ3v) is 8.29. The first-order valence-corrected chi connectivity index (χ1v) is 12.9. The van der Waals surface area contributed by atoms with Crippen LogP contribution < -0.4 is 4.74 Å². The summed E-state index contributed by atoms with van der Waals surface area (Å²) in [5.41, 5.74) is -4.11. The van der Waals surface area contributed by atoms with Crippen molar-refractivity contribution in [2.24, 2.45) is 16.3 Å². The van der Waals surface area contributed by atoms with Crippen molar-refractivity contribution in [2.45, 2.75) is 18.3 Å². The van der Waals surface area contributed by atoms with Gasteiger partial charge in [-0.1, -0.05) is 6.08 Å². The molecular weight excluding hydrogens is 525 g/mol. The molecule has 0 spiro atoms. The van der Waals surface area contributed by atoms with E-state index < -0.39 is 40.0 Å². The Kier molecular flexibility index (Phi) is 6.40. The first-order valence-electron chi connectivity index (χ1n) is 11.4. The summed E-state index contributed by atoms with van der Waals surface area (Å²) < 4.78 is 70.3. The smallest absolute Gasteiger partial charge is 0.467 e. The highest BCUT2D eigenvalue weighted by Gasteiger charge is 2.59. The number of hydrogen-bond donors (Lipinski definition) is 0. The van der Waals surface area contributed by atoms with Gasteiger partial charge in [-0.25, -0.2) is 28.4 Å². The fraction of sp³-hybridized carbons (Fsp3) is 0.391. The number of nitriles is 1. The molecule has 3 aromatic heterocycles. The molecule has 0 N–H and O–H groups in total. The summed E-state index contributed by atoms with van der Waals surface area (Å²) in [7, 11) is -4.03. The number of aromatic nitrogens is 5. The largest absolute Gasteiger partial charge is 0.511 e. The van der Waals surface area contributed by atoms with E-state index in [4.69, 9.17) is 9.72 Å². The quantitative estimate of drug-likeness (QED) is 0.460. The first-order chi connectivity index (χ1) is 18.1. The minimum atomic E-state index is -5.48. The molecule has 0 saturated carbocycles. The molecule has 2 aliphatic heterocycles. The first kappa shape index (κ1) is 25.7. The summed E-state index contributed by atoms with van der Waals surface area (Å²) in [6.07, 6.45) is 10.2. The summed E-state index contributed by atoms with van der Waals surface area (Å²) in [4.78, 5) is 21.8. The molecule has 1 fully saturated rings. The Labute approximate surface area is 215 Å². The average Bonchev–Trinajstić information content (AvgIpc) is 3.21. The normalized spacial score (nSPS) is 19.9. The van der Waals surface area contributed by atoms with Crippen LogP contribution in [0.2, 0.25) is 0 Å². The Balaban J connectivity index is 1.54. The molecular formula is C23H21F3N8O3S. The number of halogens is 3. The van der Waals surface area contributed by atoms with Crippen molar-refractivity contribution in [3.63, 3.8) is 0 Å². The van der Waals surface area contributed by atoms with Crippen molar-refractivity contribution in [1.29, 1.82) is 5.26 Å². The maximum absolute atomic E-state index is 13.1. The second kappa shape index (κ2) is 9.44. The van der Waals surface area contributed by atoms with Crippen LogP contribution in [-0.2, 0) is 10.0 Å². The lowest BCUT2D eigenvalue weighted by Gasteiger charge is -2.51. The van der Waals surface area contributed by atoms with Gasteiger partial charge in [0.1, 0.15) is 11.5 Å². The molecule has 0 amide bonds. The van der Waals surface area contributed by atoms with E-state index in [1.165, 1.54) is 7.11 Å². The van der Waals surface area contributed by atoms with Gasteiger partial charge in [0, 0.05) is 79.7 Å². The predicted octanol–water partition coefficient (Wildman–Crippen LogP) is 2.73. The molecule has 3 aromatic rings. The maximum atomic E-state index is 13.1. The number of imidazole rings is 1. The van der Waals surface area contributed by atoms with E-state index in [1.54, 1.807) is 41.5 Å². The molecule has 5 heterocycles. The number of rotatable bonds is 6. The Morgan fingerprint density at radius 2 is 1.97 bits per heavy atom. The van der Waals surface area contributed by atoms with Crippen LogP contribution in [0.3, 0.4) is 0 Å². The number of hydrogen-bond acceptors (Lipinski definition) is 9. The third kappa shape index (κ3) is 4.39. The Morgan fingerprint density at radius 1 is 1.24 bits per heavy atom. The van der Waals surface area contributed by atoms with Crippen molar-refractivity contribution < 1.29 is 26.3 Å². The van der Waals surface area contributed by atoms with E-state index >= 15 is 0 Å². The van der Waals surface area contributed by atoms with Crippen molar-refractivity contribution >= 4 is 27.5 Å². The van der Waals surface area contributed by atoms with Gasteiger partial charge in [0.2, 0.25) is 0 Å². The molecule has 2 aliphatic rings. The van der Waals surface area contributed by atoms with Gasteiger partial charge >= 0.3 is 21.5 Å². The second-order valence-electron chi connectivity index (χ2n) is 9.05. The lowest BCUT2D eigenvalue weighted by Crippen LogP contribution is -2.63. The van der Waals surface area contributed by atoms with Crippen molar-refractivity contribution in [2.75, 3.05) is 26.7 Å². The van der Waals surface area contributed by atoms with E-state index in [2.05, 4.69) is 19.9 Å². The van der Waals surface area contributed by atoms with Crippen LogP contribution >= 0.6 is 0 Å². The third-order valence-electron chi connectivity index (χ3n) is 6.77. The topological polar surface area (TPSA) is 139 Å². The van der Waals surface area contributed by atoms with Gasteiger partial charge in [0.25, 0.3) is 0 Å². The van der Waals surface area contributed by atoms with Gasteiger partial charge in [0.15, 0.2) is 0 Å². The molecule has 198 valence electrons. The lowest BCUT2D eigenvalue weighted by molar-refractivity contribution is -0.0605. The van der Waals surface area contributed by atoms with E-state index in [0.29, 0.717) is 45.6 Å². The Hall–Kier alpha value is -3.90. The number of fused-ring (bicyclic) bond motifs is 1. The van der Waals surface area contributed by atoms with Gasteiger partial charge in [-0.05, 0) is 12.3 Å². The van der Waals surface area contributed by atoms with Gasteiger partial charge in [-0.2, -0.15) is 22.7 Å². The van der Waals surface area contributed by atoms with Gasteiger partial charge in [-0.15, -0.1) is 0 Å². The lowest BCUT2D eigenvalue weighted by atomic mass is 9.67. The summed E-state index contributed by atoms with van der Waals surface area (Å²) in [6, 6.07) is 3.98. The molecule has 38 heavy (non-hydrogen) atoms. The van der Waals surface area contributed by atoms with Crippen LogP contribution in [0.15, 0.2) is 41.9 Å². The van der Waals surface area contributed by atoms with Crippen LogP contribution in [0.1, 0.15) is 18.7 Å². The number of alkyl halides is 3. The fourth-order valence-corrected chi connectivity index (χ4v) is 5.92. The number of methoxy groups -OCH3 is 1. The van der Waals surface area contributed by atoms with Gasteiger partial charge < -0.3 is 4.74 Å². The van der Waals surface area contributed by atoms with Crippen LogP contribution in [0, 0.1) is 22.7 Å². The highest BCUT2D eigenvalue weighted by atomic mass is 32.2. The predicted molar refractivity (Wildman–Crippen MR) is 129 cm³/mol. The number of nitrogens with zero attached hydrogens (tertiary/aromatic N) is 8. The minimum Gasteiger partial charge on any atom is -0.467 e. The van der Waals surface area contributed by atoms with Gasteiger partial charge in [0.05, 0.1) is 18.9 Å². The zero-order chi connectivity index (χ0) is 27.1. The van der Waals surface area contributed by atoms with Crippen LogP contribution in [0.4, 0.5) is 13.2 Å². The van der Waals surface area contributed by atoms with E-state index in [9.17, 15) is 26.9 Å². The SMILES string of the molecule is COc1ncc(-c2cc3nccn3c(C3=CC(C4(CC#N)CN(S(=O)(=O)C(F)(F)F)C4)CCN=C3)n2)cn1. The molecule has 5 rings (SSSR count). The second-order valence-corrected chi connectivity index (χ2v) is 11.0. The number of sulfonamides is 1. The van der Waals surface area contributed by atoms with Crippen molar-refractivity contribution in [3.05, 3.63) is 42.8 Å². The molecule has 1 unspecified atom stereocenters. The molecule has 0 aliphatic carbocycles. The molecule has 11 nitrogen and oxygen atoms in total. The number of allylic oxidation sites excluding steroid dienone is 2. The highest BCUT2D eigenvalue weighted by molar-refractivity contribution is 7.90. The highest BCUT2D eigenvalue weighted by Crippen LogP contribution is 2.48. The molecule has 0 radical (unpaired) electrons. The Morgan fingerprint density at radius 3 is 2.63 bits per heavy atom. The zero-order valence-electron chi connectivity index (χ0n) is 20.0. The van der Waals surface area contributed by atoms with Crippen LogP contribution in [0.5, 0.6) is 6.01 Å². The summed E-state index contributed by atoms with van der Waals surface area (Å²) >= 11 is 0. The molecule has 15 heteroatoms. The van der Waals surface area contributed by atoms with E-state index in [-0.39, 0.29) is 12.4 Å². The van der Waals surface area contributed by atoms with Gasteiger partial charge in [-0.3, -0.25) is 9.39 Å². The van der Waals surface area contributed by atoms with Crippen molar-refractivity contribution in [3.8, 4) is 23.3 Å². The zero-order valence-corrected chi connectivity index (χ0v) is 20.8. The minimum absolute atomic E-state index is 0.109. The number of aliphatic imine (C=N–C) groups is 1. The van der Waals surface area contributed by atoms with Crippen LogP contribution in [0.25, 0.3) is 22.5 Å². The standard InChI is InChI=1S/C23H21F3N8O3S/c1-37-21-30-11-16(12-31-21)18-9-19-29-6-7-34(19)20(32-18)15-8-17(2-5-28-10-15)22(3-4-27)13-33(14-22)38(35,36)23(24,25)26/h6-12,17H,2-3,5,13-14H2,1H3. The van der Waals surface area contributed by atoms with Crippen LogP contribution in [-0.4, -0.2) is 75.5 Å². The fourth-order valence-electron chi connectivity index (χ4n) is 4.77. The number of ether oxygens (including phenoxy) is 1. The molecule has 0 aromatic carbocycles. The Bertz CT molecular complexity index is 1570. The average molecular weight is 547 g/mol. The summed E-state index contributed by atoms with van der Waals surface area (Å²) in [5.74, 6) is 0.0420. The molecule has 1 saturated heterocycles. The maximum Gasteiger partial charge on any atom is 0.511 e. The molecule has 0 bridgehead atoms.